The first-order valence-electron chi connectivity index (χ1n) is 4.96. The van der Waals surface area contributed by atoms with E-state index in [0.29, 0.717) is 11.6 Å². The number of hydrogen-bond acceptors (Lipinski definition) is 4. The van der Waals surface area contributed by atoms with Crippen LogP contribution in [0.25, 0.3) is 11.5 Å². The van der Waals surface area contributed by atoms with E-state index >= 15 is 0 Å². The summed E-state index contributed by atoms with van der Waals surface area (Å²) in [6.07, 6.45) is 0. The summed E-state index contributed by atoms with van der Waals surface area (Å²) in [5.41, 5.74) is 6.27. The molecule has 1 aromatic heterocycles. The van der Waals surface area contributed by atoms with Crippen LogP contribution in [0.2, 0.25) is 0 Å². The van der Waals surface area contributed by atoms with Gasteiger partial charge in [-0.15, -0.1) is 10.2 Å². The fraction of sp³-hybridized carbons (Fsp3) is 0.273. The van der Waals surface area contributed by atoms with E-state index in [0.717, 1.165) is 0 Å². The summed E-state index contributed by atoms with van der Waals surface area (Å²) in [6, 6.07) is 4.25. The minimum Gasteiger partial charge on any atom is -0.420 e. The number of benzene rings is 1. The van der Waals surface area contributed by atoms with E-state index in [9.17, 15) is 4.39 Å². The van der Waals surface area contributed by atoms with Gasteiger partial charge in [-0.3, -0.25) is 0 Å². The first-order chi connectivity index (χ1) is 7.58. The molecule has 2 N–H and O–H groups in total. The molecular formula is C11H12FN3O. The standard InChI is InChI=1S/C11H12FN3O/c1-6(2)10-14-15-11(16-10)8-5-7(13)3-4-9(8)12/h3-6H,13H2,1-2H3. The van der Waals surface area contributed by atoms with Crippen LogP contribution in [-0.4, -0.2) is 10.2 Å². The molecule has 5 heteroatoms. The smallest absolute Gasteiger partial charge is 0.250 e. The first-order valence-corrected chi connectivity index (χ1v) is 4.96. The number of rotatable bonds is 2. The Hall–Kier alpha value is -1.91. The van der Waals surface area contributed by atoms with E-state index in [-0.39, 0.29) is 17.4 Å². The second kappa shape index (κ2) is 3.92. The summed E-state index contributed by atoms with van der Waals surface area (Å²) < 4.78 is 18.8. The van der Waals surface area contributed by atoms with E-state index < -0.39 is 5.82 Å². The van der Waals surface area contributed by atoms with Crippen molar-refractivity contribution in [3.63, 3.8) is 0 Å². The van der Waals surface area contributed by atoms with E-state index in [1.165, 1.54) is 18.2 Å². The molecule has 16 heavy (non-hydrogen) atoms. The van der Waals surface area contributed by atoms with Gasteiger partial charge in [0.25, 0.3) is 5.89 Å². The van der Waals surface area contributed by atoms with Gasteiger partial charge in [-0.1, -0.05) is 13.8 Å². The van der Waals surface area contributed by atoms with E-state index in [1.54, 1.807) is 0 Å². The molecule has 0 bridgehead atoms. The molecule has 0 aliphatic heterocycles. The molecule has 2 rings (SSSR count). The van der Waals surface area contributed by atoms with Crippen molar-refractivity contribution in [3.05, 3.63) is 29.9 Å². The summed E-state index contributed by atoms with van der Waals surface area (Å²) in [4.78, 5) is 0. The molecule has 0 saturated heterocycles. The van der Waals surface area contributed by atoms with Crippen LogP contribution in [0, 0.1) is 5.82 Å². The Kier molecular flexibility index (Phi) is 2.60. The topological polar surface area (TPSA) is 64.9 Å². The number of hydrogen-bond donors (Lipinski definition) is 1. The fourth-order valence-corrected chi connectivity index (χ4v) is 1.28. The van der Waals surface area contributed by atoms with Gasteiger partial charge in [0.1, 0.15) is 5.82 Å². The molecule has 1 aromatic carbocycles. The zero-order valence-corrected chi connectivity index (χ0v) is 9.07. The molecule has 0 aliphatic rings. The number of nitrogens with zero attached hydrogens (tertiary/aromatic N) is 2. The molecule has 0 fully saturated rings. The quantitative estimate of drug-likeness (QED) is 0.791. The van der Waals surface area contributed by atoms with Crippen molar-refractivity contribution in [2.45, 2.75) is 19.8 Å². The number of halogens is 1. The minimum atomic E-state index is -0.423. The van der Waals surface area contributed by atoms with Gasteiger partial charge in [0, 0.05) is 11.6 Å². The predicted molar refractivity (Wildman–Crippen MR) is 58.2 cm³/mol. The number of nitrogen functional groups attached to an aromatic ring is 1. The van der Waals surface area contributed by atoms with E-state index in [4.69, 9.17) is 10.2 Å². The van der Waals surface area contributed by atoms with Gasteiger partial charge in [0.15, 0.2) is 0 Å². The highest BCUT2D eigenvalue weighted by Gasteiger charge is 2.14. The minimum absolute atomic E-state index is 0.116. The Morgan fingerprint density at radius 2 is 2.06 bits per heavy atom. The number of aromatic nitrogens is 2. The SMILES string of the molecule is CC(C)c1nnc(-c2cc(N)ccc2F)o1. The third-order valence-electron chi connectivity index (χ3n) is 2.16. The fourth-order valence-electron chi connectivity index (χ4n) is 1.28. The van der Waals surface area contributed by atoms with Crippen molar-refractivity contribution in [1.29, 1.82) is 0 Å². The Balaban J connectivity index is 2.46. The highest BCUT2D eigenvalue weighted by Crippen LogP contribution is 2.25. The van der Waals surface area contributed by atoms with Gasteiger partial charge in [0.2, 0.25) is 5.89 Å². The van der Waals surface area contributed by atoms with Gasteiger partial charge in [-0.25, -0.2) is 4.39 Å². The average Bonchev–Trinajstić information content (AvgIpc) is 2.70. The zero-order valence-electron chi connectivity index (χ0n) is 9.07. The molecule has 84 valence electrons. The maximum absolute atomic E-state index is 13.5. The lowest BCUT2D eigenvalue weighted by atomic mass is 10.2. The highest BCUT2D eigenvalue weighted by atomic mass is 19.1. The van der Waals surface area contributed by atoms with Gasteiger partial charge in [0.05, 0.1) is 5.56 Å². The summed E-state index contributed by atoms with van der Waals surface area (Å²) in [5.74, 6) is 0.337. The largest absolute Gasteiger partial charge is 0.420 e. The number of anilines is 1. The Morgan fingerprint density at radius 1 is 1.31 bits per heavy atom. The van der Waals surface area contributed by atoms with Crippen molar-refractivity contribution in [2.75, 3.05) is 5.73 Å². The van der Waals surface area contributed by atoms with E-state index in [1.807, 2.05) is 13.8 Å². The first kappa shape index (κ1) is 10.6. The van der Waals surface area contributed by atoms with Gasteiger partial charge in [-0.05, 0) is 18.2 Å². The Bertz CT molecular complexity index is 508. The molecule has 0 amide bonds. The van der Waals surface area contributed by atoms with Crippen molar-refractivity contribution in [3.8, 4) is 11.5 Å². The molecular weight excluding hydrogens is 209 g/mol. The second-order valence-electron chi connectivity index (χ2n) is 3.84. The summed E-state index contributed by atoms with van der Waals surface area (Å²) in [5, 5.41) is 7.64. The third-order valence-corrected chi connectivity index (χ3v) is 2.16. The Morgan fingerprint density at radius 3 is 2.69 bits per heavy atom. The van der Waals surface area contributed by atoms with Crippen molar-refractivity contribution >= 4 is 5.69 Å². The molecule has 0 radical (unpaired) electrons. The van der Waals surface area contributed by atoms with Gasteiger partial charge >= 0.3 is 0 Å². The second-order valence-corrected chi connectivity index (χ2v) is 3.84. The predicted octanol–water partition coefficient (Wildman–Crippen LogP) is 2.58. The van der Waals surface area contributed by atoms with Crippen LogP contribution in [-0.2, 0) is 0 Å². The number of nitrogens with two attached hydrogens (primary N) is 1. The van der Waals surface area contributed by atoms with Crippen LogP contribution in [0.5, 0.6) is 0 Å². The lowest BCUT2D eigenvalue weighted by Gasteiger charge is -1.99. The molecule has 0 atom stereocenters. The summed E-state index contributed by atoms with van der Waals surface area (Å²) in [7, 11) is 0. The van der Waals surface area contributed by atoms with Crippen molar-refractivity contribution in [2.24, 2.45) is 0 Å². The average molecular weight is 221 g/mol. The third kappa shape index (κ3) is 1.88. The Labute approximate surface area is 92.3 Å². The molecule has 0 saturated carbocycles. The van der Waals surface area contributed by atoms with Gasteiger partial charge < -0.3 is 10.2 Å². The van der Waals surface area contributed by atoms with Crippen LogP contribution >= 0.6 is 0 Å². The van der Waals surface area contributed by atoms with Crippen LogP contribution in [0.4, 0.5) is 10.1 Å². The maximum atomic E-state index is 13.5. The summed E-state index contributed by atoms with van der Waals surface area (Å²) in [6.45, 7) is 3.85. The molecule has 0 aliphatic carbocycles. The van der Waals surface area contributed by atoms with Crippen LogP contribution in [0.1, 0.15) is 25.7 Å². The maximum Gasteiger partial charge on any atom is 0.250 e. The van der Waals surface area contributed by atoms with E-state index in [2.05, 4.69) is 10.2 Å². The lowest BCUT2D eigenvalue weighted by molar-refractivity contribution is 0.478. The van der Waals surface area contributed by atoms with Crippen LogP contribution < -0.4 is 5.73 Å². The zero-order chi connectivity index (χ0) is 11.7. The highest BCUT2D eigenvalue weighted by molar-refractivity contribution is 5.60. The molecule has 4 nitrogen and oxygen atoms in total. The van der Waals surface area contributed by atoms with Gasteiger partial charge in [-0.2, -0.15) is 0 Å². The van der Waals surface area contributed by atoms with Crippen LogP contribution in [0.3, 0.4) is 0 Å². The monoisotopic (exact) mass is 221 g/mol. The normalized spacial score (nSPS) is 11.0. The molecule has 1 heterocycles. The van der Waals surface area contributed by atoms with Crippen LogP contribution in [0.15, 0.2) is 22.6 Å². The molecule has 0 spiro atoms. The molecule has 2 aromatic rings. The van der Waals surface area contributed by atoms with Crippen molar-refractivity contribution in [1.82, 2.24) is 10.2 Å². The molecule has 0 unspecified atom stereocenters. The lowest BCUT2D eigenvalue weighted by Crippen LogP contribution is -1.89. The van der Waals surface area contributed by atoms with Crippen molar-refractivity contribution < 1.29 is 8.81 Å². The summed E-state index contributed by atoms with van der Waals surface area (Å²) >= 11 is 0.